The summed E-state index contributed by atoms with van der Waals surface area (Å²) in [6, 6.07) is 4.10. The molecule has 0 amide bonds. The van der Waals surface area contributed by atoms with Gasteiger partial charge in [-0.15, -0.1) is 0 Å². The highest BCUT2D eigenvalue weighted by Gasteiger charge is 2.19. The molecule has 0 aliphatic carbocycles. The van der Waals surface area contributed by atoms with Crippen LogP contribution in [0, 0.1) is 34.5 Å². The lowest BCUT2D eigenvalue weighted by molar-refractivity contribution is 0.562. The molecular weight excluding hydrogens is 187 g/mol. The molecule has 2 nitrogen and oxygen atoms in total. The molecule has 0 spiro atoms. The van der Waals surface area contributed by atoms with E-state index < -0.39 is 10.4 Å². The minimum Gasteiger partial charge on any atom is -0.198 e. The molecule has 0 saturated heterocycles. The third-order valence-corrected chi connectivity index (χ3v) is 2.83. The summed E-state index contributed by atoms with van der Waals surface area (Å²) >= 11 is 0. The molecule has 0 aromatic rings. The standard InChI is InChI=1S/C9H15FN2S/c1-8(5-11)4-9(6-12)7-13(2,3)10/h8-9H,4,7H2,1-3H3. The van der Waals surface area contributed by atoms with Gasteiger partial charge in [-0.2, -0.15) is 14.4 Å². The highest BCUT2D eigenvalue weighted by Crippen LogP contribution is 2.43. The van der Waals surface area contributed by atoms with Crippen LogP contribution >= 0.6 is 10.4 Å². The van der Waals surface area contributed by atoms with Crippen LogP contribution in [0.5, 0.6) is 0 Å². The third kappa shape index (κ3) is 6.42. The van der Waals surface area contributed by atoms with Gasteiger partial charge in [-0.3, -0.25) is 0 Å². The van der Waals surface area contributed by atoms with Gasteiger partial charge in [0, 0.05) is 11.7 Å². The number of hydrogen-bond acceptors (Lipinski definition) is 2. The first kappa shape index (κ1) is 12.3. The Kier molecular flexibility index (Phi) is 4.80. The van der Waals surface area contributed by atoms with E-state index >= 15 is 0 Å². The van der Waals surface area contributed by atoms with E-state index in [-0.39, 0.29) is 17.6 Å². The summed E-state index contributed by atoms with van der Waals surface area (Å²) < 4.78 is 13.2. The van der Waals surface area contributed by atoms with E-state index in [1.807, 2.05) is 0 Å². The number of hydrogen-bond donors (Lipinski definition) is 0. The molecule has 2 atom stereocenters. The minimum atomic E-state index is -2.12. The van der Waals surface area contributed by atoms with Gasteiger partial charge in [0.2, 0.25) is 0 Å². The molecular formula is C9H15FN2S. The van der Waals surface area contributed by atoms with E-state index in [2.05, 4.69) is 12.1 Å². The van der Waals surface area contributed by atoms with Crippen molar-refractivity contribution >= 4 is 10.4 Å². The van der Waals surface area contributed by atoms with Crippen molar-refractivity contribution in [1.29, 1.82) is 10.5 Å². The smallest absolute Gasteiger partial charge is 0.0665 e. The maximum absolute atomic E-state index is 13.2. The van der Waals surface area contributed by atoms with Crippen molar-refractivity contribution in [1.82, 2.24) is 0 Å². The van der Waals surface area contributed by atoms with Crippen molar-refractivity contribution in [2.24, 2.45) is 11.8 Å². The number of nitriles is 2. The van der Waals surface area contributed by atoms with E-state index in [4.69, 9.17) is 10.5 Å². The second-order valence-corrected chi connectivity index (χ2v) is 6.80. The quantitative estimate of drug-likeness (QED) is 0.703. The van der Waals surface area contributed by atoms with Gasteiger partial charge >= 0.3 is 0 Å². The van der Waals surface area contributed by atoms with Gasteiger partial charge in [-0.1, -0.05) is 10.4 Å². The Labute approximate surface area is 81.0 Å². The van der Waals surface area contributed by atoms with Crippen molar-refractivity contribution in [3.05, 3.63) is 0 Å². The molecule has 0 heterocycles. The third-order valence-electron chi connectivity index (χ3n) is 1.64. The summed E-state index contributed by atoms with van der Waals surface area (Å²) in [5.74, 6) is -0.189. The SMILES string of the molecule is CC(C#N)CC(C#N)CS(C)(C)F. The Morgan fingerprint density at radius 3 is 2.15 bits per heavy atom. The van der Waals surface area contributed by atoms with Gasteiger partial charge in [0.15, 0.2) is 0 Å². The van der Waals surface area contributed by atoms with Gasteiger partial charge in [0.05, 0.1) is 18.1 Å². The molecule has 4 heteroatoms. The first-order chi connectivity index (χ1) is 5.89. The van der Waals surface area contributed by atoms with Crippen molar-refractivity contribution < 1.29 is 3.89 Å². The normalized spacial score (nSPS) is 16.8. The number of halogens is 1. The summed E-state index contributed by atoms with van der Waals surface area (Å²) in [5, 5.41) is 17.3. The highest BCUT2D eigenvalue weighted by atomic mass is 32.3. The minimum absolute atomic E-state index is 0.161. The molecule has 0 fully saturated rings. The van der Waals surface area contributed by atoms with Crippen molar-refractivity contribution in [3.63, 3.8) is 0 Å². The van der Waals surface area contributed by atoms with Gasteiger partial charge in [-0.25, -0.2) is 0 Å². The van der Waals surface area contributed by atoms with Crippen molar-refractivity contribution in [3.8, 4) is 12.1 Å². The van der Waals surface area contributed by atoms with Crippen LogP contribution in [-0.2, 0) is 0 Å². The average molecular weight is 202 g/mol. The Morgan fingerprint density at radius 1 is 1.31 bits per heavy atom. The molecule has 0 N–H and O–H groups in total. The topological polar surface area (TPSA) is 47.6 Å². The Bertz CT molecular complexity index is 233. The summed E-state index contributed by atoms with van der Waals surface area (Å²) in [4.78, 5) is 0. The van der Waals surface area contributed by atoms with Gasteiger partial charge in [0.1, 0.15) is 0 Å². The maximum atomic E-state index is 13.2. The fourth-order valence-electron chi connectivity index (χ4n) is 1.12. The lowest BCUT2D eigenvalue weighted by atomic mass is 10.00. The monoisotopic (exact) mass is 202 g/mol. The lowest BCUT2D eigenvalue weighted by Gasteiger charge is -2.22. The van der Waals surface area contributed by atoms with Crippen LogP contribution in [-0.4, -0.2) is 18.3 Å². The van der Waals surface area contributed by atoms with E-state index in [9.17, 15) is 3.89 Å². The van der Waals surface area contributed by atoms with Crippen LogP contribution in [0.15, 0.2) is 0 Å². The van der Waals surface area contributed by atoms with Crippen LogP contribution in [0.2, 0.25) is 0 Å². The molecule has 0 aliphatic rings. The molecule has 0 rings (SSSR count). The Balaban J connectivity index is 4.09. The first-order valence-corrected chi connectivity index (χ1v) is 6.61. The molecule has 0 radical (unpaired) electrons. The zero-order valence-corrected chi connectivity index (χ0v) is 9.07. The zero-order valence-electron chi connectivity index (χ0n) is 8.25. The van der Waals surface area contributed by atoms with Crippen LogP contribution in [0.3, 0.4) is 0 Å². The van der Waals surface area contributed by atoms with Crippen LogP contribution < -0.4 is 0 Å². The molecule has 74 valence electrons. The summed E-state index contributed by atoms with van der Waals surface area (Å²) in [6.45, 7) is 1.75. The number of rotatable bonds is 4. The second-order valence-electron chi connectivity index (χ2n) is 3.66. The molecule has 0 aliphatic heterocycles. The van der Waals surface area contributed by atoms with E-state index in [1.165, 1.54) is 12.5 Å². The highest BCUT2D eigenvalue weighted by molar-refractivity contribution is 8.28. The summed E-state index contributed by atoms with van der Waals surface area (Å²) in [5.41, 5.74) is 0. The molecule has 2 unspecified atom stereocenters. The molecule has 0 saturated carbocycles. The lowest BCUT2D eigenvalue weighted by Crippen LogP contribution is -2.11. The fraction of sp³-hybridized carbons (Fsp3) is 0.778. The van der Waals surface area contributed by atoms with E-state index in [1.54, 1.807) is 6.92 Å². The van der Waals surface area contributed by atoms with E-state index in [0.717, 1.165) is 0 Å². The number of nitrogens with zero attached hydrogens (tertiary/aromatic N) is 2. The predicted octanol–water partition coefficient (Wildman–Crippen LogP) is 2.62. The van der Waals surface area contributed by atoms with Crippen molar-refractivity contribution in [2.75, 3.05) is 18.3 Å². The molecule has 0 bridgehead atoms. The van der Waals surface area contributed by atoms with Gasteiger partial charge < -0.3 is 0 Å². The molecule has 0 aromatic heterocycles. The van der Waals surface area contributed by atoms with Crippen molar-refractivity contribution in [2.45, 2.75) is 13.3 Å². The Hall–Kier alpha value is -0.740. The van der Waals surface area contributed by atoms with Crippen LogP contribution in [0.1, 0.15) is 13.3 Å². The van der Waals surface area contributed by atoms with E-state index in [0.29, 0.717) is 6.42 Å². The van der Waals surface area contributed by atoms with Gasteiger partial charge in [-0.05, 0) is 25.9 Å². The predicted molar refractivity (Wildman–Crippen MR) is 53.9 cm³/mol. The summed E-state index contributed by atoms with van der Waals surface area (Å²) in [6.07, 6.45) is 3.55. The molecule has 0 aromatic carbocycles. The van der Waals surface area contributed by atoms with Crippen LogP contribution in [0.25, 0.3) is 0 Å². The fourth-order valence-corrected chi connectivity index (χ4v) is 2.28. The molecule has 13 heavy (non-hydrogen) atoms. The summed E-state index contributed by atoms with van der Waals surface area (Å²) in [7, 11) is -2.12. The second kappa shape index (κ2) is 5.09. The maximum Gasteiger partial charge on any atom is 0.0665 e. The average Bonchev–Trinajstić information content (AvgIpc) is 2.00. The first-order valence-electron chi connectivity index (χ1n) is 4.09. The largest absolute Gasteiger partial charge is 0.198 e. The van der Waals surface area contributed by atoms with Gasteiger partial charge in [0.25, 0.3) is 0 Å². The Morgan fingerprint density at radius 2 is 1.85 bits per heavy atom. The zero-order chi connectivity index (χ0) is 10.5. The van der Waals surface area contributed by atoms with Crippen LogP contribution in [0.4, 0.5) is 3.89 Å².